The Bertz CT molecular complexity index is 854. The minimum absolute atomic E-state index is 0.148. The second kappa shape index (κ2) is 7.32. The molecular formula is C18H17N3O3. The third kappa shape index (κ3) is 3.92. The molecule has 0 aliphatic rings. The molecule has 1 heterocycles. The molecule has 2 N–H and O–H groups in total. The fourth-order valence-electron chi connectivity index (χ4n) is 2.25. The molecular weight excluding hydrogens is 306 g/mol. The zero-order valence-electron chi connectivity index (χ0n) is 12.9. The molecule has 0 saturated heterocycles. The van der Waals surface area contributed by atoms with Crippen molar-refractivity contribution >= 4 is 11.8 Å². The lowest BCUT2D eigenvalue weighted by atomic mass is 10.2. The van der Waals surface area contributed by atoms with E-state index in [1.165, 1.54) is 10.9 Å². The van der Waals surface area contributed by atoms with Crippen LogP contribution in [-0.4, -0.2) is 15.9 Å². The Labute approximate surface area is 138 Å². The number of benzene rings is 2. The highest BCUT2D eigenvalue weighted by molar-refractivity contribution is 5.84. The number of anilines is 1. The SMILES string of the molecule is O=C(Nc1c[nH]n(Cc2ccccc2)c1=O)OCc1ccccc1. The Morgan fingerprint density at radius 3 is 2.29 bits per heavy atom. The van der Waals surface area contributed by atoms with Crippen molar-refractivity contribution in [1.82, 2.24) is 9.78 Å². The van der Waals surface area contributed by atoms with E-state index in [2.05, 4.69) is 10.4 Å². The summed E-state index contributed by atoms with van der Waals surface area (Å²) in [5, 5.41) is 5.30. The molecule has 0 saturated carbocycles. The van der Waals surface area contributed by atoms with Gasteiger partial charge in [0.05, 0.1) is 6.54 Å². The van der Waals surface area contributed by atoms with Crippen LogP contribution in [0.3, 0.4) is 0 Å². The molecule has 6 nitrogen and oxygen atoms in total. The van der Waals surface area contributed by atoms with Gasteiger partial charge >= 0.3 is 6.09 Å². The molecule has 2 aromatic carbocycles. The number of hydrogen-bond donors (Lipinski definition) is 2. The molecule has 0 radical (unpaired) electrons. The fraction of sp³-hybridized carbons (Fsp3) is 0.111. The molecule has 0 spiro atoms. The summed E-state index contributed by atoms with van der Waals surface area (Å²) in [6.07, 6.45) is 0.788. The highest BCUT2D eigenvalue weighted by Crippen LogP contribution is 2.05. The summed E-state index contributed by atoms with van der Waals surface area (Å²) in [5.74, 6) is 0. The van der Waals surface area contributed by atoms with Gasteiger partial charge in [-0.05, 0) is 11.1 Å². The van der Waals surface area contributed by atoms with Crippen LogP contribution < -0.4 is 10.9 Å². The minimum atomic E-state index is -0.665. The molecule has 1 aromatic heterocycles. The van der Waals surface area contributed by atoms with Crippen molar-refractivity contribution in [3.8, 4) is 0 Å². The van der Waals surface area contributed by atoms with Gasteiger partial charge in [-0.2, -0.15) is 0 Å². The quantitative estimate of drug-likeness (QED) is 0.758. The molecule has 24 heavy (non-hydrogen) atoms. The standard InChI is InChI=1S/C18H17N3O3/c22-17-16(11-19-21(17)12-14-7-3-1-4-8-14)20-18(23)24-13-15-9-5-2-6-10-15/h1-11,19H,12-13H2,(H,20,23). The predicted octanol–water partition coefficient (Wildman–Crippen LogP) is 2.97. The van der Waals surface area contributed by atoms with Gasteiger partial charge in [0.25, 0.3) is 5.56 Å². The molecule has 6 heteroatoms. The summed E-state index contributed by atoms with van der Waals surface area (Å²) >= 11 is 0. The first-order valence-electron chi connectivity index (χ1n) is 7.52. The highest BCUT2D eigenvalue weighted by Gasteiger charge is 2.11. The molecule has 3 rings (SSSR count). The van der Waals surface area contributed by atoms with E-state index in [1.807, 2.05) is 60.7 Å². The molecule has 0 unspecified atom stereocenters. The van der Waals surface area contributed by atoms with Gasteiger partial charge in [0.2, 0.25) is 0 Å². The molecule has 1 amide bonds. The number of amides is 1. The van der Waals surface area contributed by atoms with Crippen LogP contribution >= 0.6 is 0 Å². The third-order valence-corrected chi connectivity index (χ3v) is 3.47. The molecule has 3 aromatic rings. The number of H-pyrrole nitrogens is 1. The van der Waals surface area contributed by atoms with Gasteiger partial charge in [0, 0.05) is 6.20 Å². The van der Waals surface area contributed by atoms with E-state index in [-0.39, 0.29) is 17.9 Å². The number of nitrogens with one attached hydrogen (secondary N) is 2. The summed E-state index contributed by atoms with van der Waals surface area (Å²) in [4.78, 5) is 24.1. The Balaban J connectivity index is 1.59. The number of carbonyl (C=O) groups is 1. The van der Waals surface area contributed by atoms with Crippen molar-refractivity contribution in [2.24, 2.45) is 0 Å². The highest BCUT2D eigenvalue weighted by atomic mass is 16.5. The maximum atomic E-state index is 12.2. The van der Waals surface area contributed by atoms with Crippen LogP contribution in [0.1, 0.15) is 11.1 Å². The third-order valence-electron chi connectivity index (χ3n) is 3.47. The van der Waals surface area contributed by atoms with Crippen molar-refractivity contribution in [2.75, 3.05) is 5.32 Å². The van der Waals surface area contributed by atoms with Gasteiger partial charge in [-0.15, -0.1) is 0 Å². The average molecular weight is 323 g/mol. The first kappa shape index (κ1) is 15.6. The first-order valence-corrected chi connectivity index (χ1v) is 7.52. The van der Waals surface area contributed by atoms with E-state index >= 15 is 0 Å². The molecule has 122 valence electrons. The monoisotopic (exact) mass is 323 g/mol. The summed E-state index contributed by atoms with van der Waals surface area (Å²) in [6.45, 7) is 0.551. The van der Waals surface area contributed by atoms with Gasteiger partial charge in [-0.25, -0.2) is 9.48 Å². The number of rotatable bonds is 5. The van der Waals surface area contributed by atoms with Crippen LogP contribution in [0.2, 0.25) is 0 Å². The topological polar surface area (TPSA) is 76.1 Å². The van der Waals surface area contributed by atoms with E-state index < -0.39 is 6.09 Å². The zero-order valence-corrected chi connectivity index (χ0v) is 12.9. The van der Waals surface area contributed by atoms with Gasteiger partial charge in [0.1, 0.15) is 12.3 Å². The van der Waals surface area contributed by atoms with E-state index in [0.29, 0.717) is 6.54 Å². The number of aromatic amines is 1. The van der Waals surface area contributed by atoms with Crippen molar-refractivity contribution in [1.29, 1.82) is 0 Å². The van der Waals surface area contributed by atoms with Gasteiger partial charge in [-0.3, -0.25) is 10.1 Å². The van der Waals surface area contributed by atoms with Crippen LogP contribution in [0.25, 0.3) is 0 Å². The number of nitrogens with zero attached hydrogens (tertiary/aromatic N) is 1. The lowest BCUT2D eigenvalue weighted by molar-refractivity contribution is 0.155. The van der Waals surface area contributed by atoms with E-state index in [9.17, 15) is 9.59 Å². The Kier molecular flexibility index (Phi) is 4.76. The van der Waals surface area contributed by atoms with Crippen LogP contribution in [0, 0.1) is 0 Å². The zero-order chi connectivity index (χ0) is 16.8. The second-order valence-electron chi connectivity index (χ2n) is 5.25. The maximum Gasteiger partial charge on any atom is 0.412 e. The summed E-state index contributed by atoms with van der Waals surface area (Å²) in [5.41, 5.74) is 1.71. The van der Waals surface area contributed by atoms with Gasteiger partial charge in [-0.1, -0.05) is 60.7 Å². The van der Waals surface area contributed by atoms with E-state index in [4.69, 9.17) is 4.74 Å². The fourth-order valence-corrected chi connectivity index (χ4v) is 2.25. The average Bonchev–Trinajstić information content (AvgIpc) is 2.95. The summed E-state index contributed by atoms with van der Waals surface area (Å²) in [7, 11) is 0. The molecule has 0 aliphatic carbocycles. The first-order chi connectivity index (χ1) is 11.7. The Morgan fingerprint density at radius 1 is 1.00 bits per heavy atom. The molecule has 0 bridgehead atoms. The van der Waals surface area contributed by atoms with Crippen LogP contribution in [0.15, 0.2) is 71.7 Å². The summed E-state index contributed by atoms with van der Waals surface area (Å²) in [6, 6.07) is 18.9. The molecule has 0 aliphatic heterocycles. The number of ether oxygens (including phenoxy) is 1. The van der Waals surface area contributed by atoms with Gasteiger partial charge < -0.3 is 9.84 Å². The Hall–Kier alpha value is -3.28. The lowest BCUT2D eigenvalue weighted by Crippen LogP contribution is -2.23. The van der Waals surface area contributed by atoms with Crippen LogP contribution in [0.5, 0.6) is 0 Å². The Morgan fingerprint density at radius 2 is 1.62 bits per heavy atom. The largest absolute Gasteiger partial charge is 0.444 e. The summed E-state index contributed by atoms with van der Waals surface area (Å²) < 4.78 is 6.52. The molecule has 0 fully saturated rings. The molecule has 0 atom stereocenters. The number of aromatic nitrogens is 2. The normalized spacial score (nSPS) is 10.3. The van der Waals surface area contributed by atoms with Crippen LogP contribution in [0.4, 0.5) is 10.5 Å². The second-order valence-corrected chi connectivity index (χ2v) is 5.25. The van der Waals surface area contributed by atoms with Crippen molar-refractivity contribution in [3.05, 3.63) is 88.3 Å². The number of hydrogen-bond acceptors (Lipinski definition) is 3. The van der Waals surface area contributed by atoms with Crippen molar-refractivity contribution in [3.63, 3.8) is 0 Å². The van der Waals surface area contributed by atoms with E-state index in [0.717, 1.165) is 11.1 Å². The van der Waals surface area contributed by atoms with Crippen LogP contribution in [-0.2, 0) is 17.9 Å². The van der Waals surface area contributed by atoms with Gasteiger partial charge in [0.15, 0.2) is 0 Å². The van der Waals surface area contributed by atoms with Crippen molar-refractivity contribution in [2.45, 2.75) is 13.2 Å². The number of carbonyl (C=O) groups excluding carboxylic acids is 1. The predicted molar refractivity (Wildman–Crippen MR) is 90.8 cm³/mol. The lowest BCUT2D eigenvalue weighted by Gasteiger charge is -2.05. The smallest absolute Gasteiger partial charge is 0.412 e. The maximum absolute atomic E-state index is 12.2. The van der Waals surface area contributed by atoms with E-state index in [1.54, 1.807) is 0 Å². The minimum Gasteiger partial charge on any atom is -0.444 e. The van der Waals surface area contributed by atoms with Crippen molar-refractivity contribution < 1.29 is 9.53 Å².